The van der Waals surface area contributed by atoms with E-state index >= 15 is 0 Å². The Bertz CT molecular complexity index is 2360. The predicted octanol–water partition coefficient (Wildman–Crippen LogP) is 9.49. The molecule has 0 saturated carbocycles. The summed E-state index contributed by atoms with van der Waals surface area (Å²) < 4.78 is 100. The third-order valence-electron chi connectivity index (χ3n) is 9.59. The lowest BCUT2D eigenvalue weighted by Crippen LogP contribution is -2.41. The number of benzene rings is 2. The van der Waals surface area contributed by atoms with Gasteiger partial charge in [-0.25, -0.2) is 18.6 Å². The number of fused-ring (bicyclic) bond motifs is 2. The van der Waals surface area contributed by atoms with Gasteiger partial charge in [-0.15, -0.1) is 0 Å². The minimum atomic E-state index is -4.36. The van der Waals surface area contributed by atoms with Gasteiger partial charge >= 0.3 is 31.4 Å². The van der Waals surface area contributed by atoms with Crippen LogP contribution in [0.5, 0.6) is 0 Å². The van der Waals surface area contributed by atoms with Crippen LogP contribution in [0.15, 0.2) is 102 Å². The minimum absolute atomic E-state index is 0.319. The molecule has 10 nitrogen and oxygen atoms in total. The number of rotatable bonds is 6. The van der Waals surface area contributed by atoms with Gasteiger partial charge < -0.3 is 18.8 Å². The Hall–Kier alpha value is -5.20. The molecule has 58 heavy (non-hydrogen) atoms. The van der Waals surface area contributed by atoms with E-state index < -0.39 is 47.8 Å². The molecule has 0 radical (unpaired) electrons. The molecule has 0 unspecified atom stereocenters. The first-order valence-corrected chi connectivity index (χ1v) is 18.4. The number of pyridine rings is 2. The number of hydrogen-bond acceptors (Lipinski definition) is 8. The molecule has 0 atom stereocenters. The average Bonchev–Trinajstić information content (AvgIpc) is 3.85. The van der Waals surface area contributed by atoms with Crippen LogP contribution in [0.4, 0.5) is 26.3 Å². The van der Waals surface area contributed by atoms with Gasteiger partial charge in [0.1, 0.15) is 11.1 Å². The molecule has 5 heterocycles. The second kappa shape index (κ2) is 17.3. The zero-order valence-corrected chi connectivity index (χ0v) is 33.7. The summed E-state index contributed by atoms with van der Waals surface area (Å²) in [6.45, 7) is 7.78. The molecule has 0 amide bonds. The highest BCUT2D eigenvalue weighted by molar-refractivity contribution is 9.10. The van der Waals surface area contributed by atoms with Crippen molar-refractivity contribution in [1.82, 2.24) is 19.2 Å². The van der Waals surface area contributed by atoms with Crippen LogP contribution in [-0.4, -0.2) is 63.7 Å². The molecule has 1 aliphatic rings. The van der Waals surface area contributed by atoms with Crippen molar-refractivity contribution in [3.05, 3.63) is 141 Å². The molecule has 1 fully saturated rings. The highest BCUT2D eigenvalue weighted by Gasteiger charge is 2.50. The van der Waals surface area contributed by atoms with Crippen molar-refractivity contribution >= 4 is 46.0 Å². The number of nitrogens with zero attached hydrogens (tertiary/aromatic N) is 4. The first kappa shape index (κ1) is 43.9. The fourth-order valence-electron chi connectivity index (χ4n) is 5.88. The number of aromatic nitrogens is 4. The van der Waals surface area contributed by atoms with Gasteiger partial charge in [-0.2, -0.15) is 36.5 Å². The molecule has 1 saturated heterocycles. The number of alkyl halides is 6. The topological polar surface area (TPSA) is 106 Å². The lowest BCUT2D eigenvalue weighted by molar-refractivity contribution is -0.138. The van der Waals surface area contributed by atoms with Crippen molar-refractivity contribution in [3.63, 3.8) is 0 Å². The van der Waals surface area contributed by atoms with Crippen LogP contribution >= 0.6 is 15.9 Å². The summed E-state index contributed by atoms with van der Waals surface area (Å²) in [6.07, 6.45) is -1.48. The van der Waals surface area contributed by atoms with Crippen LogP contribution in [0.2, 0.25) is 0 Å². The molecule has 0 N–H and O–H groups in total. The molecule has 0 bridgehead atoms. The first-order valence-electron chi connectivity index (χ1n) is 17.6. The third-order valence-corrected chi connectivity index (χ3v) is 10.2. The quantitative estimate of drug-likeness (QED) is 0.0927. The predicted molar refractivity (Wildman–Crippen MR) is 206 cm³/mol. The van der Waals surface area contributed by atoms with E-state index in [1.807, 2.05) is 39.8 Å². The van der Waals surface area contributed by atoms with E-state index in [4.69, 9.17) is 14.0 Å². The number of ether oxygens (including phenoxy) is 2. The van der Waals surface area contributed by atoms with E-state index in [0.29, 0.717) is 34.9 Å². The van der Waals surface area contributed by atoms with Crippen LogP contribution in [0.3, 0.4) is 0 Å². The maximum Gasteiger partial charge on any atom is 0.462 e. The number of halogens is 7. The van der Waals surface area contributed by atoms with Crippen LogP contribution in [0.25, 0.3) is 11.0 Å². The number of hydrogen-bond donors (Lipinski definition) is 0. The summed E-state index contributed by atoms with van der Waals surface area (Å²) in [5.41, 5.74) is 2.13. The fraction of sp³-hybridized carbons (Fsp3) is 0.300. The molecule has 4 aromatic heterocycles. The molecular weight excluding hydrogens is 837 g/mol. The molecule has 6 aromatic rings. The maximum absolute atomic E-state index is 12.6. The van der Waals surface area contributed by atoms with Crippen LogP contribution in [0, 0.1) is 0 Å². The lowest BCUT2D eigenvalue weighted by Gasteiger charge is -2.32. The van der Waals surface area contributed by atoms with Crippen molar-refractivity contribution < 1.29 is 54.7 Å². The second-order valence-electron chi connectivity index (χ2n) is 14.0. The first-order chi connectivity index (χ1) is 27.1. The van der Waals surface area contributed by atoms with Gasteiger partial charge in [0, 0.05) is 23.2 Å². The van der Waals surface area contributed by atoms with E-state index in [1.54, 1.807) is 33.6 Å². The highest BCUT2D eigenvalue weighted by Crippen LogP contribution is 2.38. The number of carbonyl (C=O) groups excluding carboxylic acids is 2. The Labute approximate surface area is 338 Å². The van der Waals surface area contributed by atoms with Crippen LogP contribution in [-0.2, 0) is 43.9 Å². The van der Waals surface area contributed by atoms with Gasteiger partial charge in [0.15, 0.2) is 0 Å². The molecule has 0 aliphatic carbocycles. The Balaban J connectivity index is 0.000000171. The van der Waals surface area contributed by atoms with E-state index in [2.05, 4.69) is 30.9 Å². The van der Waals surface area contributed by atoms with Gasteiger partial charge in [-0.05, 0) is 109 Å². The zero-order chi connectivity index (χ0) is 42.6. The third kappa shape index (κ3) is 10.1. The lowest BCUT2D eigenvalue weighted by atomic mass is 9.80. The van der Waals surface area contributed by atoms with Crippen molar-refractivity contribution in [2.75, 3.05) is 14.2 Å². The van der Waals surface area contributed by atoms with E-state index in [-0.39, 0.29) is 5.97 Å². The zero-order valence-electron chi connectivity index (χ0n) is 32.1. The number of carbonyl (C=O) groups is 2. The summed E-state index contributed by atoms with van der Waals surface area (Å²) >= 11 is 3.36. The van der Waals surface area contributed by atoms with Crippen molar-refractivity contribution in [1.29, 1.82) is 0 Å². The van der Waals surface area contributed by atoms with Crippen LogP contribution < -0.4 is 0 Å². The van der Waals surface area contributed by atoms with Gasteiger partial charge in [0.25, 0.3) is 0 Å². The molecule has 7 rings (SSSR count). The van der Waals surface area contributed by atoms with Gasteiger partial charge in [-0.3, -0.25) is 0 Å². The summed E-state index contributed by atoms with van der Waals surface area (Å²) in [6, 6.07) is 17.3. The van der Waals surface area contributed by atoms with E-state index in [1.165, 1.54) is 50.9 Å². The minimum Gasteiger partial charge on any atom is -0.465 e. The summed E-state index contributed by atoms with van der Waals surface area (Å²) in [5.74, 6) is -0.892. The molecule has 2 aromatic carbocycles. The smallest absolute Gasteiger partial charge is 0.462 e. The number of methoxy groups -OCH3 is 2. The maximum atomic E-state index is 12.6. The summed E-state index contributed by atoms with van der Waals surface area (Å²) in [7, 11) is 2.20. The Morgan fingerprint density at radius 2 is 1.12 bits per heavy atom. The monoisotopic (exact) mass is 874 g/mol. The molecule has 0 spiro atoms. The second-order valence-corrected chi connectivity index (χ2v) is 14.9. The van der Waals surface area contributed by atoms with E-state index in [9.17, 15) is 35.9 Å². The Morgan fingerprint density at radius 3 is 1.59 bits per heavy atom. The largest absolute Gasteiger partial charge is 0.465 e. The molecule has 306 valence electrons. The average molecular weight is 875 g/mol. The van der Waals surface area contributed by atoms with Crippen LogP contribution in [0.1, 0.15) is 76.2 Å². The van der Waals surface area contributed by atoms with Crippen molar-refractivity contribution in [2.45, 2.75) is 64.0 Å². The standard InChI is InChI=1S/C17H13F3N2O2.C14H18BF3O2.C9H7BrN2O2/c1-24-16(23)14-10-21-22-8-2-3-12(15(14)22)9-11-4-6-13(7-5-11)17(18,19)20;1-12(2)13(3,4)20-15(19-12)9-10-5-7-11(8-6-10)14(16,17)18;1-14-9(13)6-5-11-12-4-2-3-7(10)8(6)12/h2-8,10H,9H2,1H3;5-8H,9H2,1-4H3;2-5H,1H3. The molecule has 18 heteroatoms. The van der Waals surface area contributed by atoms with Gasteiger partial charge in [-0.1, -0.05) is 30.3 Å². The van der Waals surface area contributed by atoms with Gasteiger partial charge in [0.2, 0.25) is 0 Å². The Kier molecular flexibility index (Phi) is 13.1. The SMILES string of the molecule is CC1(C)OB(Cc2ccc(C(F)(F)F)cc2)OC1(C)C.COC(=O)c1cnn2cccc(Br)c12.COC(=O)c1cnn2cccc(Cc3ccc(C(F)(F)F)cc3)c12. The van der Waals surface area contributed by atoms with Crippen molar-refractivity contribution in [2.24, 2.45) is 0 Å². The number of esters is 2. The Morgan fingerprint density at radius 1 is 0.690 bits per heavy atom. The molecular formula is C40H38BBrF6N4O6. The summed E-state index contributed by atoms with van der Waals surface area (Å²) in [4.78, 5) is 23.2. The van der Waals surface area contributed by atoms with Gasteiger partial charge in [0.05, 0.1) is 60.0 Å². The van der Waals surface area contributed by atoms with E-state index in [0.717, 1.165) is 45.4 Å². The summed E-state index contributed by atoms with van der Waals surface area (Å²) in [5, 5.41) is 8.14. The van der Waals surface area contributed by atoms with Crippen molar-refractivity contribution in [3.8, 4) is 0 Å². The highest BCUT2D eigenvalue weighted by atomic mass is 79.9. The fourth-order valence-corrected chi connectivity index (χ4v) is 6.43. The normalized spacial score (nSPS) is 14.7. The molecule has 1 aliphatic heterocycles.